The van der Waals surface area contributed by atoms with Crippen molar-refractivity contribution in [2.75, 3.05) is 0 Å². The van der Waals surface area contributed by atoms with Gasteiger partial charge in [0, 0.05) is 27.3 Å². The number of aromatic nitrogens is 1. The van der Waals surface area contributed by atoms with Gasteiger partial charge in [0.15, 0.2) is 0 Å². The lowest BCUT2D eigenvalue weighted by atomic mass is 10.0. The van der Waals surface area contributed by atoms with Gasteiger partial charge in [0.05, 0.1) is 6.10 Å². The van der Waals surface area contributed by atoms with Crippen molar-refractivity contribution in [2.24, 2.45) is 0 Å². The van der Waals surface area contributed by atoms with E-state index in [0.717, 1.165) is 27.0 Å². The summed E-state index contributed by atoms with van der Waals surface area (Å²) in [7, 11) is 0. The first-order valence-electron chi connectivity index (χ1n) is 6.03. The molecular formula is C15H15BrClNO. The van der Waals surface area contributed by atoms with E-state index in [1.54, 1.807) is 0 Å². The maximum atomic E-state index is 10.3. The lowest BCUT2D eigenvalue weighted by Gasteiger charge is -2.13. The molecule has 0 radical (unpaired) electrons. The SMILES string of the molecule is Cc1cc(C(O)Cc2ccc(Br)cc2Cl)cc(C)n1. The van der Waals surface area contributed by atoms with E-state index in [1.807, 2.05) is 44.2 Å². The number of nitrogens with zero attached hydrogens (tertiary/aromatic N) is 1. The number of hydrogen-bond acceptors (Lipinski definition) is 2. The van der Waals surface area contributed by atoms with Crippen LogP contribution in [0, 0.1) is 13.8 Å². The highest BCUT2D eigenvalue weighted by Crippen LogP contribution is 2.26. The number of rotatable bonds is 3. The summed E-state index contributed by atoms with van der Waals surface area (Å²) in [6.07, 6.45) is -0.0753. The van der Waals surface area contributed by atoms with Crippen LogP contribution in [0.5, 0.6) is 0 Å². The lowest BCUT2D eigenvalue weighted by molar-refractivity contribution is 0.178. The van der Waals surface area contributed by atoms with Crippen LogP contribution in [0.15, 0.2) is 34.8 Å². The summed E-state index contributed by atoms with van der Waals surface area (Å²) in [6.45, 7) is 3.85. The minimum absolute atomic E-state index is 0.495. The van der Waals surface area contributed by atoms with Crippen LogP contribution in [0.25, 0.3) is 0 Å². The average molecular weight is 341 g/mol. The quantitative estimate of drug-likeness (QED) is 0.899. The summed E-state index contributed by atoms with van der Waals surface area (Å²) >= 11 is 9.54. The van der Waals surface area contributed by atoms with Crippen molar-refractivity contribution in [1.29, 1.82) is 0 Å². The summed E-state index contributed by atoms with van der Waals surface area (Å²) in [4.78, 5) is 4.31. The number of pyridine rings is 1. The highest BCUT2D eigenvalue weighted by molar-refractivity contribution is 9.10. The molecule has 2 nitrogen and oxygen atoms in total. The summed E-state index contributed by atoms with van der Waals surface area (Å²) < 4.78 is 0.936. The van der Waals surface area contributed by atoms with Crippen LogP contribution in [-0.4, -0.2) is 10.1 Å². The highest BCUT2D eigenvalue weighted by Gasteiger charge is 2.12. The third-order valence-corrected chi connectivity index (χ3v) is 3.76. The summed E-state index contributed by atoms with van der Waals surface area (Å²) in [5.41, 5.74) is 3.64. The zero-order chi connectivity index (χ0) is 14.0. The van der Waals surface area contributed by atoms with Gasteiger partial charge in [-0.2, -0.15) is 0 Å². The molecule has 0 saturated carbocycles. The van der Waals surface area contributed by atoms with Gasteiger partial charge < -0.3 is 5.11 Å². The molecule has 0 saturated heterocycles. The molecule has 0 bridgehead atoms. The molecule has 0 aliphatic heterocycles. The molecule has 100 valence electrons. The van der Waals surface area contributed by atoms with Gasteiger partial charge in [0.2, 0.25) is 0 Å². The topological polar surface area (TPSA) is 33.1 Å². The van der Waals surface area contributed by atoms with Gasteiger partial charge >= 0.3 is 0 Å². The maximum absolute atomic E-state index is 10.3. The number of benzene rings is 1. The van der Waals surface area contributed by atoms with E-state index in [2.05, 4.69) is 20.9 Å². The molecule has 0 spiro atoms. The predicted molar refractivity (Wildman–Crippen MR) is 81.5 cm³/mol. The Morgan fingerprint density at radius 1 is 1.21 bits per heavy atom. The first-order chi connectivity index (χ1) is 8.95. The second-order valence-corrected chi connectivity index (χ2v) is 5.96. The maximum Gasteiger partial charge on any atom is 0.0832 e. The fourth-order valence-corrected chi connectivity index (χ4v) is 2.82. The lowest BCUT2D eigenvalue weighted by Crippen LogP contribution is -2.04. The summed E-state index contributed by atoms with van der Waals surface area (Å²) in [5, 5.41) is 11.0. The molecule has 1 N–H and O–H groups in total. The Bertz CT molecular complexity index is 580. The smallest absolute Gasteiger partial charge is 0.0832 e. The minimum Gasteiger partial charge on any atom is -0.388 e. The van der Waals surface area contributed by atoms with Crippen LogP contribution in [0.3, 0.4) is 0 Å². The Balaban J connectivity index is 2.22. The summed E-state index contributed by atoms with van der Waals surface area (Å²) in [6, 6.07) is 9.51. The number of aliphatic hydroxyl groups excluding tert-OH is 1. The Morgan fingerprint density at radius 2 is 1.84 bits per heavy atom. The molecular weight excluding hydrogens is 326 g/mol. The van der Waals surface area contributed by atoms with Crippen LogP contribution >= 0.6 is 27.5 Å². The van der Waals surface area contributed by atoms with E-state index in [4.69, 9.17) is 11.6 Å². The van der Waals surface area contributed by atoms with E-state index in [-0.39, 0.29) is 0 Å². The van der Waals surface area contributed by atoms with E-state index in [0.29, 0.717) is 11.4 Å². The second-order valence-electron chi connectivity index (χ2n) is 4.64. The van der Waals surface area contributed by atoms with Crippen LogP contribution in [0.2, 0.25) is 5.02 Å². The molecule has 1 aromatic carbocycles. The van der Waals surface area contributed by atoms with Crippen molar-refractivity contribution in [3.8, 4) is 0 Å². The first kappa shape index (κ1) is 14.5. The average Bonchev–Trinajstić information content (AvgIpc) is 2.31. The van der Waals surface area contributed by atoms with Crippen LogP contribution in [-0.2, 0) is 6.42 Å². The normalized spacial score (nSPS) is 12.5. The van der Waals surface area contributed by atoms with Crippen molar-refractivity contribution >= 4 is 27.5 Å². The van der Waals surface area contributed by atoms with Crippen LogP contribution in [0.1, 0.15) is 28.6 Å². The van der Waals surface area contributed by atoms with Gasteiger partial charge in [-0.05, 0) is 49.2 Å². The molecule has 1 unspecified atom stereocenters. The first-order valence-corrected chi connectivity index (χ1v) is 7.20. The standard InChI is InChI=1S/C15H15BrClNO/c1-9-5-12(6-10(2)18-9)15(19)7-11-3-4-13(16)8-14(11)17/h3-6,8,15,19H,7H2,1-2H3. The summed E-state index contributed by atoms with van der Waals surface area (Å²) in [5.74, 6) is 0. The molecule has 1 atom stereocenters. The van der Waals surface area contributed by atoms with E-state index >= 15 is 0 Å². The van der Waals surface area contributed by atoms with Gasteiger partial charge in [-0.15, -0.1) is 0 Å². The fraction of sp³-hybridized carbons (Fsp3) is 0.267. The van der Waals surface area contributed by atoms with Crippen molar-refractivity contribution in [2.45, 2.75) is 26.4 Å². The number of aliphatic hydroxyl groups is 1. The Labute approximate surface area is 126 Å². The molecule has 0 amide bonds. The monoisotopic (exact) mass is 339 g/mol. The molecule has 4 heteroatoms. The van der Waals surface area contributed by atoms with Gasteiger partial charge in [0.1, 0.15) is 0 Å². The van der Waals surface area contributed by atoms with E-state index in [9.17, 15) is 5.11 Å². The highest BCUT2D eigenvalue weighted by atomic mass is 79.9. The van der Waals surface area contributed by atoms with Crippen molar-refractivity contribution in [3.05, 3.63) is 62.3 Å². The Hall–Kier alpha value is -0.900. The predicted octanol–water partition coefficient (Wildman–Crippen LogP) is 4.39. The van der Waals surface area contributed by atoms with Gasteiger partial charge in [-0.3, -0.25) is 4.98 Å². The fourth-order valence-electron chi connectivity index (χ4n) is 2.07. The number of hydrogen-bond donors (Lipinski definition) is 1. The van der Waals surface area contributed by atoms with E-state index in [1.165, 1.54) is 0 Å². The minimum atomic E-state index is -0.570. The molecule has 2 aromatic rings. The van der Waals surface area contributed by atoms with Gasteiger partial charge in [0.25, 0.3) is 0 Å². The third kappa shape index (κ3) is 3.78. The Morgan fingerprint density at radius 3 is 2.42 bits per heavy atom. The van der Waals surface area contributed by atoms with Crippen molar-refractivity contribution in [3.63, 3.8) is 0 Å². The molecule has 1 heterocycles. The molecule has 2 rings (SSSR count). The van der Waals surface area contributed by atoms with E-state index < -0.39 is 6.10 Å². The molecule has 0 aliphatic rings. The van der Waals surface area contributed by atoms with Crippen LogP contribution < -0.4 is 0 Å². The largest absolute Gasteiger partial charge is 0.388 e. The number of halogens is 2. The Kier molecular flexibility index (Phi) is 4.61. The molecule has 19 heavy (non-hydrogen) atoms. The van der Waals surface area contributed by atoms with Gasteiger partial charge in [-0.25, -0.2) is 0 Å². The molecule has 0 aliphatic carbocycles. The third-order valence-electron chi connectivity index (χ3n) is 2.92. The molecule has 1 aromatic heterocycles. The second kappa shape index (κ2) is 6.04. The zero-order valence-corrected chi connectivity index (χ0v) is 13.2. The van der Waals surface area contributed by atoms with Crippen molar-refractivity contribution < 1.29 is 5.11 Å². The molecule has 0 fully saturated rings. The van der Waals surface area contributed by atoms with Crippen molar-refractivity contribution in [1.82, 2.24) is 4.98 Å². The zero-order valence-electron chi connectivity index (χ0n) is 10.8. The number of aryl methyl sites for hydroxylation is 2. The van der Waals surface area contributed by atoms with Gasteiger partial charge in [-0.1, -0.05) is 33.6 Å². The van der Waals surface area contributed by atoms with Crippen LogP contribution in [0.4, 0.5) is 0 Å².